The molecule has 1 atom stereocenters. The second-order valence-electron chi connectivity index (χ2n) is 9.68. The molecule has 0 N–H and O–H groups in total. The molecule has 0 aliphatic carbocycles. The summed E-state index contributed by atoms with van der Waals surface area (Å²) in [7, 11) is 0. The minimum absolute atomic E-state index is 0.175. The number of hydrogen-bond acceptors (Lipinski definition) is 9. The molecule has 4 heterocycles. The molecule has 1 aliphatic rings. The van der Waals surface area contributed by atoms with E-state index < -0.39 is 12.0 Å². The number of ether oxygens (including phenoxy) is 1. The number of fused-ring (bicyclic) bond motifs is 1. The predicted octanol–water partition coefficient (Wildman–Crippen LogP) is 5.74. The number of carbonyl (C=O) groups is 1. The molecule has 2 aromatic carbocycles. The van der Waals surface area contributed by atoms with Crippen LogP contribution in [0.5, 0.6) is 0 Å². The highest BCUT2D eigenvalue weighted by molar-refractivity contribution is 7.99. The monoisotopic (exact) mass is 628 g/mol. The van der Waals surface area contributed by atoms with E-state index in [9.17, 15) is 9.59 Å². The first-order chi connectivity index (χ1) is 20.8. The molecule has 216 valence electrons. The van der Waals surface area contributed by atoms with Crippen LogP contribution in [0.15, 0.2) is 103 Å². The van der Waals surface area contributed by atoms with Crippen molar-refractivity contribution in [1.29, 1.82) is 0 Å². The van der Waals surface area contributed by atoms with Gasteiger partial charge in [0.1, 0.15) is 5.76 Å². The summed E-state index contributed by atoms with van der Waals surface area (Å²) < 4.78 is 13.5. The average molecular weight is 629 g/mol. The van der Waals surface area contributed by atoms with Crippen molar-refractivity contribution >= 4 is 52.4 Å². The van der Waals surface area contributed by atoms with Crippen LogP contribution in [0.4, 0.5) is 0 Å². The lowest BCUT2D eigenvalue weighted by Gasteiger charge is -2.25. The Morgan fingerprint density at radius 3 is 2.49 bits per heavy atom. The molecule has 6 rings (SSSR count). The van der Waals surface area contributed by atoms with Crippen molar-refractivity contribution in [1.82, 2.24) is 14.5 Å². The third-order valence-corrected chi connectivity index (χ3v) is 8.61. The largest absolute Gasteiger partial charge is 0.463 e. The second-order valence-corrected chi connectivity index (χ2v) is 12.1. The van der Waals surface area contributed by atoms with Crippen molar-refractivity contribution < 1.29 is 13.9 Å². The van der Waals surface area contributed by atoms with Crippen molar-refractivity contribution in [2.24, 2.45) is 4.99 Å². The molecule has 0 unspecified atom stereocenters. The molecular weight excluding hydrogens is 604 g/mol. The molecule has 3 aromatic heterocycles. The Labute approximate surface area is 260 Å². The lowest BCUT2D eigenvalue weighted by molar-refractivity contribution is -0.138. The number of benzene rings is 2. The van der Waals surface area contributed by atoms with Crippen LogP contribution in [0, 0.1) is 13.8 Å². The SMILES string of the molecule is CCOC(=O)C1=C(c2ccccc2)N=c2s/c(=C/c3ccc(Sc4nc(C)cc(C)n4)o3)c(=O)n2[C@@H]1c1ccc(Cl)cc1. The van der Waals surface area contributed by atoms with Crippen molar-refractivity contribution in [2.45, 2.75) is 37.1 Å². The number of nitrogens with zero attached hydrogens (tertiary/aromatic N) is 4. The molecule has 0 fully saturated rings. The van der Waals surface area contributed by atoms with Gasteiger partial charge in [-0.05, 0) is 68.4 Å². The van der Waals surface area contributed by atoms with E-state index in [-0.39, 0.29) is 17.7 Å². The van der Waals surface area contributed by atoms with E-state index >= 15 is 0 Å². The maximum Gasteiger partial charge on any atom is 0.338 e. The Balaban J connectivity index is 1.50. The molecule has 0 radical (unpaired) electrons. The maximum absolute atomic E-state index is 14.0. The van der Waals surface area contributed by atoms with Crippen LogP contribution in [0.2, 0.25) is 5.02 Å². The third-order valence-electron chi connectivity index (χ3n) is 6.59. The van der Waals surface area contributed by atoms with Gasteiger partial charge in [-0.1, -0.05) is 65.4 Å². The van der Waals surface area contributed by atoms with E-state index in [2.05, 4.69) is 9.97 Å². The van der Waals surface area contributed by atoms with Gasteiger partial charge in [-0.3, -0.25) is 9.36 Å². The van der Waals surface area contributed by atoms with Gasteiger partial charge in [0, 0.05) is 28.0 Å². The summed E-state index contributed by atoms with van der Waals surface area (Å²) in [6.45, 7) is 5.75. The van der Waals surface area contributed by atoms with Gasteiger partial charge >= 0.3 is 5.97 Å². The molecule has 11 heteroatoms. The zero-order valence-electron chi connectivity index (χ0n) is 23.4. The molecule has 5 aromatic rings. The predicted molar refractivity (Wildman–Crippen MR) is 167 cm³/mol. The molecule has 43 heavy (non-hydrogen) atoms. The summed E-state index contributed by atoms with van der Waals surface area (Å²) in [4.78, 5) is 41.8. The minimum Gasteiger partial charge on any atom is -0.463 e. The summed E-state index contributed by atoms with van der Waals surface area (Å²) in [5, 5.41) is 1.72. The number of halogens is 1. The van der Waals surface area contributed by atoms with Gasteiger partial charge in [0.05, 0.1) is 28.5 Å². The molecule has 1 aliphatic heterocycles. The molecule has 8 nitrogen and oxygen atoms in total. The van der Waals surface area contributed by atoms with Crippen LogP contribution in [0.1, 0.15) is 41.2 Å². The van der Waals surface area contributed by atoms with E-state index in [0.29, 0.717) is 41.6 Å². The van der Waals surface area contributed by atoms with E-state index in [0.717, 1.165) is 17.0 Å². The zero-order chi connectivity index (χ0) is 30.1. The van der Waals surface area contributed by atoms with Crippen LogP contribution in [-0.4, -0.2) is 27.1 Å². The smallest absolute Gasteiger partial charge is 0.338 e. The number of esters is 1. The summed E-state index contributed by atoms with van der Waals surface area (Å²) >= 11 is 8.74. The van der Waals surface area contributed by atoms with E-state index in [1.165, 1.54) is 23.1 Å². The molecule has 0 bridgehead atoms. The van der Waals surface area contributed by atoms with Gasteiger partial charge in [0.2, 0.25) is 0 Å². The Kier molecular flexibility index (Phi) is 8.16. The fourth-order valence-electron chi connectivity index (χ4n) is 4.83. The Morgan fingerprint density at radius 1 is 1.07 bits per heavy atom. The maximum atomic E-state index is 14.0. The molecule has 0 amide bonds. The first kappa shape index (κ1) is 28.9. The Hall–Kier alpha value is -4.25. The first-order valence-corrected chi connectivity index (χ1v) is 15.5. The van der Waals surface area contributed by atoms with Crippen LogP contribution in [-0.2, 0) is 9.53 Å². The van der Waals surface area contributed by atoms with Gasteiger partial charge < -0.3 is 9.15 Å². The zero-order valence-corrected chi connectivity index (χ0v) is 25.8. The highest BCUT2D eigenvalue weighted by Crippen LogP contribution is 2.35. The van der Waals surface area contributed by atoms with Crippen molar-refractivity contribution in [3.8, 4) is 0 Å². The van der Waals surface area contributed by atoms with Crippen molar-refractivity contribution in [3.05, 3.63) is 131 Å². The average Bonchev–Trinajstić information content (AvgIpc) is 3.55. The lowest BCUT2D eigenvalue weighted by Crippen LogP contribution is -2.39. The minimum atomic E-state index is -0.783. The fourth-order valence-corrected chi connectivity index (χ4v) is 6.77. The lowest BCUT2D eigenvalue weighted by atomic mass is 9.93. The summed E-state index contributed by atoms with van der Waals surface area (Å²) in [5.41, 5.74) is 3.61. The number of rotatable bonds is 7. The summed E-state index contributed by atoms with van der Waals surface area (Å²) in [6.07, 6.45) is 1.69. The number of hydrogen-bond donors (Lipinski definition) is 0. The van der Waals surface area contributed by atoms with Crippen molar-refractivity contribution in [3.63, 3.8) is 0 Å². The molecule has 0 spiro atoms. The van der Waals surface area contributed by atoms with Gasteiger partial charge in [-0.25, -0.2) is 19.8 Å². The second kappa shape index (κ2) is 12.2. The number of aromatic nitrogens is 3. The quantitative estimate of drug-likeness (QED) is 0.167. The summed E-state index contributed by atoms with van der Waals surface area (Å²) in [6, 6.07) is 21.2. The Morgan fingerprint density at radius 2 is 1.79 bits per heavy atom. The Bertz CT molecular complexity index is 2030. The number of furan rings is 1. The van der Waals surface area contributed by atoms with E-state index in [1.807, 2.05) is 68.4 Å². The van der Waals surface area contributed by atoms with Crippen LogP contribution in [0.3, 0.4) is 0 Å². The molecular formula is C32H25ClN4O4S2. The highest BCUT2D eigenvalue weighted by Gasteiger charge is 2.35. The van der Waals surface area contributed by atoms with Gasteiger partial charge in [0.15, 0.2) is 15.1 Å². The fraction of sp³-hybridized carbons (Fsp3) is 0.156. The first-order valence-electron chi connectivity index (χ1n) is 13.4. The standard InChI is InChI=1S/C32H25ClN4O4S2/c1-4-40-30(39)26-27(20-8-6-5-7-9-20)36-32-37(28(26)21-10-12-22(33)13-11-21)29(38)24(42-32)17-23-14-15-25(41-23)43-31-34-18(2)16-19(3)35-31/h5-17,28H,4H2,1-3H3/b24-17+/t28-/m1/s1. The van der Waals surface area contributed by atoms with Crippen LogP contribution < -0.4 is 14.9 Å². The number of carbonyl (C=O) groups excluding carboxylic acids is 1. The molecule has 0 saturated carbocycles. The normalized spacial score (nSPS) is 14.9. The topological polar surface area (TPSA) is 99.6 Å². The number of thiazole rings is 1. The van der Waals surface area contributed by atoms with Gasteiger partial charge in [-0.15, -0.1) is 0 Å². The number of aryl methyl sites for hydroxylation is 2. The third kappa shape index (κ3) is 5.99. The summed E-state index contributed by atoms with van der Waals surface area (Å²) in [5.74, 6) is -0.0475. The van der Waals surface area contributed by atoms with Gasteiger partial charge in [-0.2, -0.15) is 0 Å². The van der Waals surface area contributed by atoms with Crippen LogP contribution in [0.25, 0.3) is 11.8 Å². The van der Waals surface area contributed by atoms with Gasteiger partial charge in [0.25, 0.3) is 5.56 Å². The van der Waals surface area contributed by atoms with E-state index in [1.54, 1.807) is 35.8 Å². The highest BCUT2D eigenvalue weighted by atomic mass is 35.5. The molecule has 0 saturated heterocycles. The van der Waals surface area contributed by atoms with E-state index in [4.69, 9.17) is 25.7 Å². The van der Waals surface area contributed by atoms with Crippen LogP contribution >= 0.6 is 34.7 Å². The van der Waals surface area contributed by atoms with Crippen molar-refractivity contribution in [2.75, 3.05) is 6.61 Å².